The Balaban J connectivity index is 2.13. The van der Waals surface area contributed by atoms with Gasteiger partial charge in [-0.2, -0.15) is 0 Å². The van der Waals surface area contributed by atoms with E-state index < -0.39 is 0 Å². The summed E-state index contributed by atoms with van der Waals surface area (Å²) < 4.78 is 0. The molecule has 1 unspecified atom stereocenters. The van der Waals surface area contributed by atoms with Gasteiger partial charge in [0.15, 0.2) is 0 Å². The van der Waals surface area contributed by atoms with Gasteiger partial charge in [0.25, 0.3) is 0 Å². The molecule has 2 nitrogen and oxygen atoms in total. The summed E-state index contributed by atoms with van der Waals surface area (Å²) >= 11 is 0. The highest BCUT2D eigenvalue weighted by atomic mass is 16.3. The summed E-state index contributed by atoms with van der Waals surface area (Å²) in [5.41, 5.74) is 2.99. The highest BCUT2D eigenvalue weighted by Crippen LogP contribution is 2.38. The Morgan fingerprint density at radius 3 is 2.83 bits per heavy atom. The maximum absolute atomic E-state index is 9.23. The molecule has 1 saturated heterocycles. The van der Waals surface area contributed by atoms with Crippen LogP contribution in [0.15, 0.2) is 24.3 Å². The quantitative estimate of drug-likeness (QED) is 0.886. The zero-order chi connectivity index (χ0) is 13.2. The average molecular weight is 247 g/mol. The smallest absolute Gasteiger partial charge is 0.0434 e. The number of hydrogen-bond acceptors (Lipinski definition) is 2. The van der Waals surface area contributed by atoms with Gasteiger partial charge in [0, 0.05) is 25.4 Å². The maximum Gasteiger partial charge on any atom is 0.0434 e. The number of benzene rings is 1. The third kappa shape index (κ3) is 2.86. The molecule has 1 N–H and O–H groups in total. The number of aryl methyl sites for hydroxylation is 1. The molecule has 2 heteroatoms. The molecule has 1 aromatic carbocycles. The van der Waals surface area contributed by atoms with Gasteiger partial charge in [-0.05, 0) is 48.8 Å². The van der Waals surface area contributed by atoms with Crippen LogP contribution in [0.2, 0.25) is 0 Å². The molecule has 0 radical (unpaired) electrons. The molecular formula is C16H25NO. The SMILES string of the molecule is Cc1cccc(N2CCC(C)(C)C(CCO)C2)c1. The van der Waals surface area contributed by atoms with Crippen molar-refractivity contribution in [1.82, 2.24) is 0 Å². The number of nitrogens with zero attached hydrogens (tertiary/aromatic N) is 1. The third-order valence-corrected chi connectivity index (χ3v) is 4.42. The summed E-state index contributed by atoms with van der Waals surface area (Å²) in [4.78, 5) is 2.47. The molecule has 0 amide bonds. The first-order chi connectivity index (χ1) is 8.53. The van der Waals surface area contributed by atoms with E-state index in [2.05, 4.69) is 49.9 Å². The lowest BCUT2D eigenvalue weighted by atomic mass is 9.72. The lowest BCUT2D eigenvalue weighted by Gasteiger charge is -2.45. The Morgan fingerprint density at radius 1 is 1.39 bits per heavy atom. The van der Waals surface area contributed by atoms with Gasteiger partial charge < -0.3 is 10.0 Å². The first-order valence-electron chi connectivity index (χ1n) is 6.95. The standard InChI is InChI=1S/C16H25NO/c1-13-5-4-6-15(11-13)17-9-8-16(2,3)14(12-17)7-10-18/h4-6,11,14,18H,7-10,12H2,1-3H3. The lowest BCUT2D eigenvalue weighted by Crippen LogP contribution is -2.45. The van der Waals surface area contributed by atoms with Crippen LogP contribution in [0.25, 0.3) is 0 Å². The minimum Gasteiger partial charge on any atom is -0.396 e. The molecule has 1 aromatic rings. The number of rotatable bonds is 3. The Bertz CT molecular complexity index is 400. The molecule has 0 bridgehead atoms. The molecule has 0 aliphatic carbocycles. The number of anilines is 1. The van der Waals surface area contributed by atoms with Crippen LogP contribution in [-0.4, -0.2) is 24.8 Å². The van der Waals surface area contributed by atoms with Gasteiger partial charge in [-0.1, -0.05) is 26.0 Å². The minimum atomic E-state index is 0.301. The molecule has 1 heterocycles. The van der Waals surface area contributed by atoms with Gasteiger partial charge in [-0.25, -0.2) is 0 Å². The molecule has 1 fully saturated rings. The fraction of sp³-hybridized carbons (Fsp3) is 0.625. The Morgan fingerprint density at radius 2 is 2.17 bits per heavy atom. The second-order valence-corrected chi connectivity index (χ2v) is 6.23. The molecule has 1 aliphatic heterocycles. The van der Waals surface area contributed by atoms with Crippen molar-refractivity contribution in [2.75, 3.05) is 24.6 Å². The molecule has 2 rings (SSSR count). The van der Waals surface area contributed by atoms with Gasteiger partial charge in [0.2, 0.25) is 0 Å². The molecular weight excluding hydrogens is 222 g/mol. The fourth-order valence-corrected chi connectivity index (χ4v) is 2.93. The summed E-state index contributed by atoms with van der Waals surface area (Å²) in [5, 5.41) is 9.23. The van der Waals surface area contributed by atoms with Crippen molar-refractivity contribution in [2.45, 2.75) is 33.6 Å². The highest BCUT2D eigenvalue weighted by Gasteiger charge is 2.34. The minimum absolute atomic E-state index is 0.301. The van der Waals surface area contributed by atoms with Crippen molar-refractivity contribution >= 4 is 5.69 Å². The molecule has 0 aromatic heterocycles. The zero-order valence-electron chi connectivity index (χ0n) is 11.8. The molecule has 0 saturated carbocycles. The summed E-state index contributed by atoms with van der Waals surface area (Å²) in [6, 6.07) is 8.73. The van der Waals surface area contributed by atoms with Crippen molar-refractivity contribution in [1.29, 1.82) is 0 Å². The predicted octanol–water partition coefficient (Wildman–Crippen LogP) is 3.23. The van der Waals surface area contributed by atoms with Gasteiger partial charge in [0.1, 0.15) is 0 Å². The summed E-state index contributed by atoms with van der Waals surface area (Å²) in [7, 11) is 0. The van der Waals surface area contributed by atoms with Gasteiger partial charge in [-0.15, -0.1) is 0 Å². The van der Waals surface area contributed by atoms with E-state index in [0.29, 0.717) is 17.9 Å². The number of piperidine rings is 1. The van der Waals surface area contributed by atoms with E-state index in [1.54, 1.807) is 0 Å². The molecule has 1 atom stereocenters. The van der Waals surface area contributed by atoms with E-state index in [-0.39, 0.29) is 0 Å². The van der Waals surface area contributed by atoms with E-state index in [0.717, 1.165) is 19.5 Å². The largest absolute Gasteiger partial charge is 0.396 e. The average Bonchev–Trinajstić information content (AvgIpc) is 2.32. The van der Waals surface area contributed by atoms with Crippen LogP contribution < -0.4 is 4.90 Å². The second kappa shape index (κ2) is 5.31. The van der Waals surface area contributed by atoms with Crippen molar-refractivity contribution in [2.24, 2.45) is 11.3 Å². The van der Waals surface area contributed by atoms with Crippen molar-refractivity contribution in [3.8, 4) is 0 Å². The van der Waals surface area contributed by atoms with Crippen LogP contribution in [0, 0.1) is 18.3 Å². The van der Waals surface area contributed by atoms with E-state index in [1.807, 2.05) is 0 Å². The molecule has 0 spiro atoms. The predicted molar refractivity (Wildman–Crippen MR) is 77.0 cm³/mol. The fourth-order valence-electron chi connectivity index (χ4n) is 2.93. The first kappa shape index (κ1) is 13.4. The molecule has 18 heavy (non-hydrogen) atoms. The Hall–Kier alpha value is -1.02. The number of hydrogen-bond donors (Lipinski definition) is 1. The van der Waals surface area contributed by atoms with Crippen LogP contribution in [-0.2, 0) is 0 Å². The van der Waals surface area contributed by atoms with Crippen molar-refractivity contribution in [3.05, 3.63) is 29.8 Å². The maximum atomic E-state index is 9.23. The van der Waals surface area contributed by atoms with Gasteiger partial charge in [-0.3, -0.25) is 0 Å². The van der Waals surface area contributed by atoms with Gasteiger partial charge >= 0.3 is 0 Å². The van der Waals surface area contributed by atoms with Gasteiger partial charge in [0.05, 0.1) is 0 Å². The third-order valence-electron chi connectivity index (χ3n) is 4.42. The summed E-state index contributed by atoms with van der Waals surface area (Å²) in [5.74, 6) is 0.580. The summed E-state index contributed by atoms with van der Waals surface area (Å²) in [6.45, 7) is 9.30. The van der Waals surface area contributed by atoms with E-state index in [4.69, 9.17) is 0 Å². The first-order valence-corrected chi connectivity index (χ1v) is 6.95. The van der Waals surface area contributed by atoms with Crippen LogP contribution in [0.1, 0.15) is 32.3 Å². The van der Waals surface area contributed by atoms with Crippen LogP contribution in [0.3, 0.4) is 0 Å². The normalized spacial score (nSPS) is 23.1. The van der Waals surface area contributed by atoms with E-state index in [9.17, 15) is 5.11 Å². The Labute approximate surface area is 111 Å². The van der Waals surface area contributed by atoms with Crippen molar-refractivity contribution in [3.63, 3.8) is 0 Å². The van der Waals surface area contributed by atoms with Crippen LogP contribution >= 0.6 is 0 Å². The van der Waals surface area contributed by atoms with E-state index in [1.165, 1.54) is 17.7 Å². The Kier molecular flexibility index (Phi) is 3.96. The molecule has 100 valence electrons. The van der Waals surface area contributed by atoms with E-state index >= 15 is 0 Å². The van der Waals surface area contributed by atoms with Crippen LogP contribution in [0.4, 0.5) is 5.69 Å². The zero-order valence-corrected chi connectivity index (χ0v) is 11.8. The van der Waals surface area contributed by atoms with Crippen molar-refractivity contribution < 1.29 is 5.11 Å². The molecule has 1 aliphatic rings. The monoisotopic (exact) mass is 247 g/mol. The number of aliphatic hydroxyl groups excluding tert-OH is 1. The lowest BCUT2D eigenvalue weighted by molar-refractivity contribution is 0.132. The second-order valence-electron chi connectivity index (χ2n) is 6.23. The topological polar surface area (TPSA) is 23.5 Å². The highest BCUT2D eigenvalue weighted by molar-refractivity contribution is 5.49. The number of aliphatic hydroxyl groups is 1. The van der Waals surface area contributed by atoms with Crippen LogP contribution in [0.5, 0.6) is 0 Å². The summed E-state index contributed by atoms with van der Waals surface area (Å²) in [6.07, 6.45) is 2.11.